The molecule has 0 saturated heterocycles. The summed E-state index contributed by atoms with van der Waals surface area (Å²) in [5.41, 5.74) is 3.68. The quantitative estimate of drug-likeness (QED) is 0.273. The molecule has 1 heterocycles. The summed E-state index contributed by atoms with van der Waals surface area (Å²) in [6.45, 7) is 3.28. The molecule has 0 spiro atoms. The maximum absolute atomic E-state index is 14.1. The van der Waals surface area contributed by atoms with E-state index in [1.807, 2.05) is 19.1 Å². The van der Waals surface area contributed by atoms with E-state index in [-0.39, 0.29) is 22.4 Å². The Hall–Kier alpha value is -4.53. The number of carbonyl (C=O) groups is 3. The molecular formula is C31H25ClFN3O4. The van der Waals surface area contributed by atoms with Gasteiger partial charge < -0.3 is 20.6 Å². The summed E-state index contributed by atoms with van der Waals surface area (Å²) < 4.78 is 14.1. The molecule has 1 aliphatic rings. The van der Waals surface area contributed by atoms with Crippen LogP contribution in [0.15, 0.2) is 78.9 Å². The van der Waals surface area contributed by atoms with Gasteiger partial charge in [0.1, 0.15) is 5.82 Å². The molecule has 0 saturated carbocycles. The van der Waals surface area contributed by atoms with Crippen molar-refractivity contribution in [2.24, 2.45) is 0 Å². The second-order valence-corrected chi connectivity index (χ2v) is 9.92. The number of nitrogens with zero attached hydrogens (tertiary/aromatic N) is 1. The van der Waals surface area contributed by atoms with Gasteiger partial charge in [0.2, 0.25) is 0 Å². The lowest BCUT2D eigenvalue weighted by atomic mass is 9.98. The lowest BCUT2D eigenvalue weighted by Crippen LogP contribution is -2.35. The third-order valence-corrected chi connectivity index (χ3v) is 6.97. The molecule has 0 aromatic heterocycles. The second kappa shape index (κ2) is 11.3. The molecule has 4 aromatic carbocycles. The van der Waals surface area contributed by atoms with Gasteiger partial charge in [-0.2, -0.15) is 0 Å². The van der Waals surface area contributed by atoms with Crippen molar-refractivity contribution in [3.05, 3.63) is 118 Å². The fourth-order valence-corrected chi connectivity index (χ4v) is 4.91. The van der Waals surface area contributed by atoms with Crippen LogP contribution < -0.4 is 15.5 Å². The molecule has 2 amide bonds. The molecule has 0 atom stereocenters. The number of aryl methyl sites for hydroxylation is 1. The molecule has 40 heavy (non-hydrogen) atoms. The van der Waals surface area contributed by atoms with E-state index in [4.69, 9.17) is 11.6 Å². The molecule has 9 heteroatoms. The number of hydrogen-bond donors (Lipinski definition) is 3. The van der Waals surface area contributed by atoms with E-state index in [0.29, 0.717) is 41.5 Å². The first-order valence-corrected chi connectivity index (χ1v) is 13.0. The lowest BCUT2D eigenvalue weighted by Gasteiger charge is -2.23. The first-order valence-electron chi connectivity index (χ1n) is 12.6. The Morgan fingerprint density at radius 2 is 1.68 bits per heavy atom. The summed E-state index contributed by atoms with van der Waals surface area (Å²) in [7, 11) is 0. The Bertz CT molecular complexity index is 1640. The number of hydrogen-bond acceptors (Lipinski definition) is 4. The number of amides is 2. The highest BCUT2D eigenvalue weighted by Crippen LogP contribution is 2.30. The minimum Gasteiger partial charge on any atom is -0.478 e. The van der Waals surface area contributed by atoms with Gasteiger partial charge in [-0.25, -0.2) is 9.18 Å². The smallest absolute Gasteiger partial charge is 0.336 e. The number of fused-ring (bicyclic) bond motifs is 1. The van der Waals surface area contributed by atoms with Crippen LogP contribution in [0, 0.1) is 12.7 Å². The number of carbonyl (C=O) groups excluding carboxylic acids is 2. The van der Waals surface area contributed by atoms with E-state index in [1.165, 1.54) is 41.3 Å². The number of nitrogens with one attached hydrogen (secondary N) is 2. The van der Waals surface area contributed by atoms with Crippen LogP contribution in [0.2, 0.25) is 5.02 Å². The van der Waals surface area contributed by atoms with Crippen molar-refractivity contribution in [2.45, 2.75) is 13.5 Å². The van der Waals surface area contributed by atoms with Crippen LogP contribution in [-0.2, 0) is 6.54 Å². The molecule has 0 radical (unpaired) electrons. The summed E-state index contributed by atoms with van der Waals surface area (Å²) in [5, 5.41) is 16.4. The minimum atomic E-state index is -1.31. The normalized spacial score (nSPS) is 12.8. The van der Waals surface area contributed by atoms with Crippen molar-refractivity contribution in [3.63, 3.8) is 0 Å². The van der Waals surface area contributed by atoms with E-state index < -0.39 is 23.6 Å². The maximum Gasteiger partial charge on any atom is 0.336 e. The van der Waals surface area contributed by atoms with Crippen molar-refractivity contribution in [1.29, 1.82) is 0 Å². The molecular weight excluding hydrogens is 533 g/mol. The van der Waals surface area contributed by atoms with Crippen LogP contribution in [0.3, 0.4) is 0 Å². The van der Waals surface area contributed by atoms with Crippen LogP contribution in [0.25, 0.3) is 11.1 Å². The molecule has 0 fully saturated rings. The van der Waals surface area contributed by atoms with E-state index in [0.717, 1.165) is 11.1 Å². The van der Waals surface area contributed by atoms with Crippen molar-refractivity contribution < 1.29 is 23.9 Å². The molecule has 0 bridgehead atoms. The van der Waals surface area contributed by atoms with Crippen LogP contribution in [0.4, 0.5) is 15.8 Å². The maximum atomic E-state index is 14.1. The first kappa shape index (κ1) is 27.1. The zero-order valence-corrected chi connectivity index (χ0v) is 22.3. The molecule has 4 aromatic rings. The second-order valence-electron chi connectivity index (χ2n) is 9.48. The van der Waals surface area contributed by atoms with Crippen molar-refractivity contribution in [1.82, 2.24) is 5.32 Å². The van der Waals surface area contributed by atoms with Crippen LogP contribution in [-0.4, -0.2) is 36.0 Å². The van der Waals surface area contributed by atoms with E-state index in [9.17, 15) is 23.9 Å². The number of anilines is 2. The number of aromatic carboxylic acids is 1. The third-order valence-electron chi connectivity index (χ3n) is 6.73. The van der Waals surface area contributed by atoms with Gasteiger partial charge in [0.15, 0.2) is 0 Å². The summed E-state index contributed by atoms with van der Waals surface area (Å²) in [6.07, 6.45) is 0. The van der Waals surface area contributed by atoms with Crippen molar-refractivity contribution >= 4 is 40.8 Å². The highest BCUT2D eigenvalue weighted by molar-refractivity contribution is 6.30. The Morgan fingerprint density at radius 1 is 0.925 bits per heavy atom. The van der Waals surface area contributed by atoms with Gasteiger partial charge in [0, 0.05) is 41.6 Å². The summed E-state index contributed by atoms with van der Waals surface area (Å²) in [5.74, 6) is -2.83. The number of carboxylic acids is 1. The zero-order chi connectivity index (χ0) is 28.4. The fourth-order valence-electron chi connectivity index (χ4n) is 4.72. The van der Waals surface area contributed by atoms with Gasteiger partial charge in [-0.3, -0.25) is 9.59 Å². The fraction of sp³-hybridized carbons (Fsp3) is 0.129. The highest BCUT2D eigenvalue weighted by Gasteiger charge is 2.27. The topological polar surface area (TPSA) is 98.7 Å². The van der Waals surface area contributed by atoms with Gasteiger partial charge in [0.25, 0.3) is 11.8 Å². The van der Waals surface area contributed by atoms with E-state index >= 15 is 0 Å². The van der Waals surface area contributed by atoms with Gasteiger partial charge in [0.05, 0.1) is 11.1 Å². The predicted octanol–water partition coefficient (Wildman–Crippen LogP) is 6.16. The first-order chi connectivity index (χ1) is 19.2. The van der Waals surface area contributed by atoms with Gasteiger partial charge in [-0.1, -0.05) is 41.4 Å². The number of carboxylic acid groups (broad SMARTS) is 1. The summed E-state index contributed by atoms with van der Waals surface area (Å²) >= 11 is 6.14. The Labute approximate surface area is 235 Å². The molecule has 0 unspecified atom stereocenters. The SMILES string of the molecule is Cc1ccc(-c2cc(F)ccc2C(=O)Nc2ccc(C(=O)N3CCNCc4cc(Cl)ccc43)c(C(=O)O)c2)cc1. The zero-order valence-electron chi connectivity index (χ0n) is 21.5. The number of halogens is 2. The van der Waals surface area contributed by atoms with E-state index in [1.54, 1.807) is 30.3 Å². The largest absolute Gasteiger partial charge is 0.478 e. The number of benzene rings is 4. The summed E-state index contributed by atoms with van der Waals surface area (Å²) in [6, 6.07) is 20.5. The Kier molecular flexibility index (Phi) is 7.64. The Morgan fingerprint density at radius 3 is 2.42 bits per heavy atom. The third kappa shape index (κ3) is 5.59. The van der Waals surface area contributed by atoms with Crippen LogP contribution in [0.5, 0.6) is 0 Å². The molecule has 5 rings (SSSR count). The molecule has 202 valence electrons. The predicted molar refractivity (Wildman–Crippen MR) is 153 cm³/mol. The number of rotatable bonds is 5. The standard InChI is InChI=1S/C31H25ClFN3O4/c1-18-2-4-19(5-3-18)26-15-22(33)7-9-24(26)29(37)35-23-8-10-25(27(16-23)31(39)40)30(38)36-13-12-34-17-20-14-21(32)6-11-28(20)36/h2-11,14-16,34H,12-13,17H2,1H3,(H,35,37)(H,39,40). The van der Waals surface area contributed by atoms with E-state index in [2.05, 4.69) is 10.6 Å². The van der Waals surface area contributed by atoms with Crippen molar-refractivity contribution in [3.8, 4) is 11.1 Å². The van der Waals surface area contributed by atoms with Crippen LogP contribution in [0.1, 0.15) is 42.2 Å². The van der Waals surface area contributed by atoms with Crippen LogP contribution >= 0.6 is 11.6 Å². The summed E-state index contributed by atoms with van der Waals surface area (Å²) in [4.78, 5) is 40.6. The average molecular weight is 558 g/mol. The van der Waals surface area contributed by atoms with Gasteiger partial charge >= 0.3 is 5.97 Å². The Balaban J connectivity index is 1.46. The monoisotopic (exact) mass is 557 g/mol. The molecule has 1 aliphatic heterocycles. The average Bonchev–Trinajstić information content (AvgIpc) is 3.15. The molecule has 0 aliphatic carbocycles. The lowest BCUT2D eigenvalue weighted by molar-refractivity contribution is 0.0691. The van der Waals surface area contributed by atoms with Gasteiger partial charge in [-0.15, -0.1) is 0 Å². The minimum absolute atomic E-state index is 0.0181. The van der Waals surface area contributed by atoms with Gasteiger partial charge in [-0.05, 0) is 78.2 Å². The highest BCUT2D eigenvalue weighted by atomic mass is 35.5. The van der Waals surface area contributed by atoms with Crippen molar-refractivity contribution in [2.75, 3.05) is 23.3 Å². The molecule has 3 N–H and O–H groups in total. The molecule has 7 nitrogen and oxygen atoms in total.